The van der Waals surface area contributed by atoms with Gasteiger partial charge in [0.25, 0.3) is 0 Å². The van der Waals surface area contributed by atoms with Gasteiger partial charge in [0.15, 0.2) is 0 Å². The van der Waals surface area contributed by atoms with Crippen LogP contribution in [0.3, 0.4) is 0 Å². The lowest BCUT2D eigenvalue weighted by Gasteiger charge is -2.12. The second-order valence-corrected chi connectivity index (χ2v) is 5.13. The van der Waals surface area contributed by atoms with Gasteiger partial charge in [-0.2, -0.15) is 13.2 Å². The number of hydrogen-bond acceptors (Lipinski definition) is 2. The molecule has 0 aliphatic rings. The molecule has 0 aliphatic carbocycles. The van der Waals surface area contributed by atoms with Crippen LogP contribution in [0.5, 0.6) is 5.75 Å². The van der Waals surface area contributed by atoms with Gasteiger partial charge in [0.1, 0.15) is 5.75 Å². The summed E-state index contributed by atoms with van der Waals surface area (Å²) in [5.74, 6) is 0.524. The third kappa shape index (κ3) is 4.29. The summed E-state index contributed by atoms with van der Waals surface area (Å²) >= 11 is 1.05. The van der Waals surface area contributed by atoms with E-state index in [9.17, 15) is 13.2 Å². The Balaban J connectivity index is 2.30. The molecule has 0 atom stereocenters. The van der Waals surface area contributed by atoms with Gasteiger partial charge < -0.3 is 4.74 Å². The smallest absolute Gasteiger partial charge is 0.417 e. The zero-order valence-electron chi connectivity index (χ0n) is 11.2. The highest BCUT2D eigenvalue weighted by molar-refractivity contribution is 8.02. The molecule has 0 radical (unpaired) electrons. The number of halogens is 3. The summed E-state index contributed by atoms with van der Waals surface area (Å²) < 4.78 is 44.5. The Morgan fingerprint density at radius 1 is 1.00 bits per heavy atom. The lowest BCUT2D eigenvalue weighted by molar-refractivity contribution is -0.0687. The van der Waals surface area contributed by atoms with E-state index in [1.807, 2.05) is 6.07 Å². The molecule has 0 fully saturated rings. The lowest BCUT2D eigenvalue weighted by Crippen LogP contribution is -2.10. The van der Waals surface area contributed by atoms with Crippen LogP contribution < -0.4 is 4.74 Å². The van der Waals surface area contributed by atoms with E-state index >= 15 is 0 Å². The van der Waals surface area contributed by atoms with Crippen molar-refractivity contribution in [2.75, 3.05) is 7.11 Å². The highest BCUT2D eigenvalue weighted by Gasteiger charge is 2.34. The van der Waals surface area contributed by atoms with Crippen LogP contribution in [0.15, 0.2) is 64.9 Å². The van der Waals surface area contributed by atoms with E-state index in [-0.39, 0.29) is 5.56 Å². The van der Waals surface area contributed by atoms with Gasteiger partial charge in [-0.25, -0.2) is 0 Å². The van der Waals surface area contributed by atoms with Crippen LogP contribution in [0.25, 0.3) is 5.57 Å². The second kappa shape index (κ2) is 6.72. The van der Waals surface area contributed by atoms with Crippen LogP contribution in [0.1, 0.15) is 5.56 Å². The van der Waals surface area contributed by atoms with Crippen LogP contribution in [0.2, 0.25) is 0 Å². The summed E-state index contributed by atoms with van der Waals surface area (Å²) in [6.07, 6.45) is -4.41. The first-order valence-electron chi connectivity index (χ1n) is 6.14. The fraction of sp³-hybridized carbons (Fsp3) is 0.125. The molecular weight excluding hydrogens is 297 g/mol. The maximum atomic E-state index is 13.2. The molecule has 2 rings (SSSR count). The zero-order chi connectivity index (χ0) is 15.3. The van der Waals surface area contributed by atoms with Crippen molar-refractivity contribution in [3.8, 4) is 5.75 Å². The van der Waals surface area contributed by atoms with Gasteiger partial charge in [-0.1, -0.05) is 42.1 Å². The summed E-state index contributed by atoms with van der Waals surface area (Å²) in [7, 11) is 1.47. The van der Waals surface area contributed by atoms with Gasteiger partial charge in [0, 0.05) is 4.90 Å². The van der Waals surface area contributed by atoms with Gasteiger partial charge in [0.05, 0.1) is 12.7 Å². The molecule has 5 heteroatoms. The minimum Gasteiger partial charge on any atom is -0.497 e. The molecule has 0 saturated heterocycles. The predicted molar refractivity (Wildman–Crippen MR) is 79.3 cm³/mol. The molecule has 21 heavy (non-hydrogen) atoms. The molecule has 0 saturated carbocycles. The van der Waals surface area contributed by atoms with Crippen molar-refractivity contribution in [1.29, 1.82) is 0 Å². The van der Waals surface area contributed by atoms with Gasteiger partial charge in [-0.3, -0.25) is 0 Å². The highest BCUT2D eigenvalue weighted by atomic mass is 32.2. The van der Waals surface area contributed by atoms with Crippen molar-refractivity contribution in [2.24, 2.45) is 0 Å². The molecular formula is C16H13F3OS. The van der Waals surface area contributed by atoms with Crippen molar-refractivity contribution < 1.29 is 17.9 Å². The highest BCUT2D eigenvalue weighted by Crippen LogP contribution is 2.37. The molecule has 0 unspecified atom stereocenters. The average molecular weight is 310 g/mol. The fourth-order valence-electron chi connectivity index (χ4n) is 1.70. The van der Waals surface area contributed by atoms with E-state index in [0.717, 1.165) is 22.1 Å². The first-order valence-corrected chi connectivity index (χ1v) is 7.02. The van der Waals surface area contributed by atoms with Crippen LogP contribution >= 0.6 is 11.8 Å². The van der Waals surface area contributed by atoms with E-state index in [1.54, 1.807) is 24.3 Å². The predicted octanol–water partition coefficient (Wildman–Crippen LogP) is 5.39. The van der Waals surface area contributed by atoms with Crippen LogP contribution in [0, 0.1) is 0 Å². The minimum atomic E-state index is -4.41. The molecule has 0 spiro atoms. The molecule has 0 aliphatic heterocycles. The van der Waals surface area contributed by atoms with Crippen molar-refractivity contribution in [1.82, 2.24) is 0 Å². The molecule has 0 bridgehead atoms. The SMILES string of the molecule is COc1ccc(/C(=C/Sc2ccccc2)C(F)(F)F)cc1. The van der Waals surface area contributed by atoms with E-state index < -0.39 is 11.7 Å². The van der Waals surface area contributed by atoms with Crippen LogP contribution in [-0.2, 0) is 0 Å². The normalized spacial score (nSPS) is 12.3. The summed E-state index contributed by atoms with van der Waals surface area (Å²) in [5, 5.41) is 1.14. The van der Waals surface area contributed by atoms with Crippen LogP contribution in [0.4, 0.5) is 13.2 Å². The van der Waals surface area contributed by atoms with Gasteiger partial charge in [-0.15, -0.1) is 0 Å². The number of benzene rings is 2. The number of alkyl halides is 3. The number of allylic oxidation sites excluding steroid dienone is 1. The third-order valence-corrected chi connectivity index (χ3v) is 3.66. The Labute approximate surface area is 125 Å². The maximum absolute atomic E-state index is 13.2. The quantitative estimate of drug-likeness (QED) is 0.700. The third-order valence-electron chi connectivity index (χ3n) is 2.76. The molecule has 110 valence electrons. The summed E-state index contributed by atoms with van der Waals surface area (Å²) in [4.78, 5) is 0.757. The first kappa shape index (κ1) is 15.5. The average Bonchev–Trinajstić information content (AvgIpc) is 2.48. The molecule has 2 aromatic rings. The number of hydrogen-bond donors (Lipinski definition) is 0. The van der Waals surface area contributed by atoms with Crippen molar-refractivity contribution in [3.63, 3.8) is 0 Å². The molecule has 2 aromatic carbocycles. The molecule has 0 heterocycles. The summed E-state index contributed by atoms with van der Waals surface area (Å²) in [6.45, 7) is 0. The maximum Gasteiger partial charge on any atom is 0.417 e. The Morgan fingerprint density at radius 3 is 2.14 bits per heavy atom. The summed E-state index contributed by atoms with van der Waals surface area (Å²) in [6, 6.07) is 14.8. The largest absolute Gasteiger partial charge is 0.497 e. The van der Waals surface area contributed by atoms with Gasteiger partial charge in [-0.05, 0) is 35.2 Å². The van der Waals surface area contributed by atoms with E-state index in [0.29, 0.717) is 5.75 Å². The van der Waals surface area contributed by atoms with E-state index in [2.05, 4.69) is 0 Å². The van der Waals surface area contributed by atoms with Gasteiger partial charge >= 0.3 is 6.18 Å². The molecule has 0 N–H and O–H groups in total. The lowest BCUT2D eigenvalue weighted by atomic mass is 10.1. The number of thioether (sulfide) groups is 1. The zero-order valence-corrected chi connectivity index (χ0v) is 12.0. The standard InChI is InChI=1S/C16H13F3OS/c1-20-13-9-7-12(8-10-13)15(16(17,18)19)11-21-14-5-3-2-4-6-14/h2-11H,1H3/b15-11-. The summed E-state index contributed by atoms with van der Waals surface area (Å²) in [5.41, 5.74) is -0.550. The molecule has 1 nitrogen and oxygen atoms in total. The number of rotatable bonds is 4. The Morgan fingerprint density at radius 2 is 1.62 bits per heavy atom. The Kier molecular flexibility index (Phi) is 4.96. The van der Waals surface area contributed by atoms with Crippen molar-refractivity contribution >= 4 is 17.3 Å². The Hall–Kier alpha value is -1.88. The fourth-order valence-corrected chi connectivity index (χ4v) is 2.53. The van der Waals surface area contributed by atoms with Crippen molar-refractivity contribution in [2.45, 2.75) is 11.1 Å². The second-order valence-electron chi connectivity index (χ2n) is 4.19. The number of ether oxygens (including phenoxy) is 1. The van der Waals surface area contributed by atoms with E-state index in [4.69, 9.17) is 4.74 Å². The topological polar surface area (TPSA) is 9.23 Å². The van der Waals surface area contributed by atoms with Gasteiger partial charge in [0.2, 0.25) is 0 Å². The van der Waals surface area contributed by atoms with Crippen molar-refractivity contribution in [3.05, 3.63) is 65.6 Å². The van der Waals surface area contributed by atoms with E-state index in [1.165, 1.54) is 31.4 Å². The molecule has 0 amide bonds. The first-order chi connectivity index (χ1) is 10.0. The monoisotopic (exact) mass is 310 g/mol. The van der Waals surface area contributed by atoms with Crippen LogP contribution in [-0.4, -0.2) is 13.3 Å². The Bertz CT molecular complexity index is 604. The minimum absolute atomic E-state index is 0.117. The number of methoxy groups -OCH3 is 1. The molecule has 0 aromatic heterocycles.